The Labute approximate surface area is 231 Å². The van der Waals surface area contributed by atoms with Crippen molar-refractivity contribution in [3.8, 4) is 17.6 Å². The van der Waals surface area contributed by atoms with Crippen LogP contribution in [0.15, 0.2) is 72.8 Å². The second kappa shape index (κ2) is 13.9. The molecule has 0 unspecified atom stereocenters. The van der Waals surface area contributed by atoms with Gasteiger partial charge in [0.25, 0.3) is 5.91 Å². The van der Waals surface area contributed by atoms with Crippen molar-refractivity contribution < 1.29 is 19.0 Å². The van der Waals surface area contributed by atoms with Crippen LogP contribution in [0.5, 0.6) is 11.5 Å². The lowest BCUT2D eigenvalue weighted by Gasteiger charge is -2.10. The number of anilines is 1. The van der Waals surface area contributed by atoms with Gasteiger partial charge in [-0.3, -0.25) is 10.1 Å². The molecule has 0 spiro atoms. The van der Waals surface area contributed by atoms with Crippen molar-refractivity contribution in [3.05, 3.63) is 100 Å². The Bertz CT molecular complexity index is 1480. The minimum absolute atomic E-state index is 0.288. The van der Waals surface area contributed by atoms with Gasteiger partial charge in [0.15, 0.2) is 5.01 Å². The van der Waals surface area contributed by atoms with Crippen LogP contribution >= 0.6 is 11.3 Å². The van der Waals surface area contributed by atoms with E-state index in [0.717, 1.165) is 22.6 Å². The van der Waals surface area contributed by atoms with Gasteiger partial charge in [-0.2, -0.15) is 5.26 Å². The van der Waals surface area contributed by atoms with Gasteiger partial charge in [0, 0.05) is 5.56 Å². The number of hydrogen-bond acceptors (Lipinski definition) is 8. The number of amides is 1. The van der Waals surface area contributed by atoms with Gasteiger partial charge < -0.3 is 14.2 Å². The van der Waals surface area contributed by atoms with E-state index in [2.05, 4.69) is 35.4 Å². The zero-order valence-corrected chi connectivity index (χ0v) is 22.5. The van der Waals surface area contributed by atoms with Gasteiger partial charge in [0.1, 0.15) is 30.8 Å². The molecule has 1 amide bonds. The molecule has 9 heteroatoms. The van der Waals surface area contributed by atoms with E-state index in [0.29, 0.717) is 53.5 Å². The minimum Gasteiger partial charge on any atom is -0.491 e. The molecule has 4 rings (SSSR count). The highest BCUT2D eigenvalue weighted by Gasteiger charge is 2.13. The summed E-state index contributed by atoms with van der Waals surface area (Å²) in [5.74, 6) is 1.20. The summed E-state index contributed by atoms with van der Waals surface area (Å²) in [4.78, 5) is 12.4. The number of ether oxygens (including phenoxy) is 3. The molecule has 3 aromatic carbocycles. The largest absolute Gasteiger partial charge is 0.491 e. The third-order valence-electron chi connectivity index (χ3n) is 5.67. The highest BCUT2D eigenvalue weighted by molar-refractivity contribution is 7.16. The molecule has 0 aliphatic heterocycles. The third-order valence-corrected chi connectivity index (χ3v) is 6.54. The van der Waals surface area contributed by atoms with E-state index in [1.54, 1.807) is 30.3 Å². The van der Waals surface area contributed by atoms with E-state index in [1.807, 2.05) is 48.5 Å². The van der Waals surface area contributed by atoms with Gasteiger partial charge in [-0.25, -0.2) is 0 Å². The van der Waals surface area contributed by atoms with Crippen LogP contribution in [0.2, 0.25) is 0 Å². The monoisotopic (exact) mass is 540 g/mol. The molecule has 8 nitrogen and oxygen atoms in total. The summed E-state index contributed by atoms with van der Waals surface area (Å²) in [5, 5.41) is 21.2. The van der Waals surface area contributed by atoms with Gasteiger partial charge in [-0.05, 0) is 73.0 Å². The molecule has 39 heavy (non-hydrogen) atoms. The number of aromatic nitrogens is 2. The number of nitrogens with one attached hydrogen (secondary N) is 1. The Morgan fingerprint density at radius 3 is 2.36 bits per heavy atom. The van der Waals surface area contributed by atoms with Gasteiger partial charge >= 0.3 is 0 Å². The fourth-order valence-electron chi connectivity index (χ4n) is 3.49. The molecule has 1 aromatic heterocycles. The van der Waals surface area contributed by atoms with Crippen LogP contribution in [0.1, 0.15) is 32.1 Å². The van der Waals surface area contributed by atoms with E-state index in [-0.39, 0.29) is 5.91 Å². The smallest absolute Gasteiger partial charge is 0.257 e. The first kappa shape index (κ1) is 27.5. The molecule has 1 heterocycles. The SMILES string of the molecule is Cc1ccc(OCCOCCOc2cccc(/C=C(\C#N)c3nnc(NC(=O)c4ccccc4)s3)c2)cc1C. The summed E-state index contributed by atoms with van der Waals surface area (Å²) in [6.45, 7) is 5.84. The van der Waals surface area contributed by atoms with Crippen molar-refractivity contribution in [1.82, 2.24) is 10.2 Å². The van der Waals surface area contributed by atoms with Crippen molar-refractivity contribution >= 4 is 34.0 Å². The summed E-state index contributed by atoms with van der Waals surface area (Å²) in [6.07, 6.45) is 1.71. The Kier molecular flexibility index (Phi) is 9.78. The van der Waals surface area contributed by atoms with E-state index >= 15 is 0 Å². The zero-order valence-electron chi connectivity index (χ0n) is 21.7. The summed E-state index contributed by atoms with van der Waals surface area (Å²) in [5.41, 5.74) is 4.05. The van der Waals surface area contributed by atoms with E-state index in [4.69, 9.17) is 14.2 Å². The lowest BCUT2D eigenvalue weighted by molar-refractivity contribution is 0.0764. The molecule has 0 aliphatic rings. The number of nitriles is 1. The predicted octanol–water partition coefficient (Wildman–Crippen LogP) is 5.95. The molecular formula is C30H28N4O4S. The summed E-state index contributed by atoms with van der Waals surface area (Å²) in [7, 11) is 0. The van der Waals surface area contributed by atoms with Gasteiger partial charge in [0.2, 0.25) is 5.13 Å². The average molecular weight is 541 g/mol. The van der Waals surface area contributed by atoms with Gasteiger partial charge in [-0.15, -0.1) is 10.2 Å². The van der Waals surface area contributed by atoms with E-state index < -0.39 is 0 Å². The van der Waals surface area contributed by atoms with Crippen molar-refractivity contribution in [2.75, 3.05) is 31.7 Å². The Morgan fingerprint density at radius 1 is 0.897 bits per heavy atom. The van der Waals surface area contributed by atoms with Crippen molar-refractivity contribution in [2.24, 2.45) is 0 Å². The summed E-state index contributed by atoms with van der Waals surface area (Å²) < 4.78 is 17.1. The Balaban J connectivity index is 1.24. The number of benzene rings is 3. The first-order valence-corrected chi connectivity index (χ1v) is 13.2. The second-order valence-corrected chi connectivity index (χ2v) is 9.51. The van der Waals surface area contributed by atoms with Gasteiger partial charge in [-0.1, -0.05) is 47.7 Å². The molecule has 1 N–H and O–H groups in total. The predicted molar refractivity (Wildman–Crippen MR) is 152 cm³/mol. The molecule has 0 bridgehead atoms. The van der Waals surface area contributed by atoms with Crippen LogP contribution in [-0.4, -0.2) is 42.5 Å². The first-order valence-electron chi connectivity index (χ1n) is 12.3. The van der Waals surface area contributed by atoms with Crippen LogP contribution in [-0.2, 0) is 4.74 Å². The number of hydrogen-bond donors (Lipinski definition) is 1. The molecule has 0 fully saturated rings. The normalized spacial score (nSPS) is 11.1. The maximum Gasteiger partial charge on any atom is 0.257 e. The van der Waals surface area contributed by atoms with E-state index in [9.17, 15) is 10.1 Å². The molecular weight excluding hydrogens is 512 g/mol. The molecule has 0 atom stereocenters. The third kappa shape index (κ3) is 8.23. The van der Waals surface area contributed by atoms with Crippen LogP contribution in [0, 0.1) is 25.2 Å². The van der Waals surface area contributed by atoms with Gasteiger partial charge in [0.05, 0.1) is 18.8 Å². The van der Waals surface area contributed by atoms with Crippen molar-refractivity contribution in [1.29, 1.82) is 5.26 Å². The zero-order chi connectivity index (χ0) is 27.5. The number of aryl methyl sites for hydroxylation is 2. The topological polar surface area (TPSA) is 106 Å². The van der Waals surface area contributed by atoms with Crippen LogP contribution in [0.25, 0.3) is 11.6 Å². The van der Waals surface area contributed by atoms with Crippen LogP contribution in [0.4, 0.5) is 5.13 Å². The standard InChI is InChI=1S/C30H28N4O4S/c1-21-11-12-27(17-22(21)2)38-16-14-36-13-15-37-26-10-6-7-23(19-26)18-25(20-31)29-33-34-30(39-29)32-28(35)24-8-4-3-5-9-24/h3-12,17-19H,13-16H2,1-2H3,(H,32,34,35)/b25-18+. The Hall–Kier alpha value is -4.52. The molecule has 0 saturated heterocycles. The number of carbonyl (C=O) groups is 1. The van der Waals surface area contributed by atoms with Crippen LogP contribution in [0.3, 0.4) is 0 Å². The second-order valence-electron chi connectivity index (χ2n) is 8.53. The fourth-order valence-corrected chi connectivity index (χ4v) is 4.19. The summed E-state index contributed by atoms with van der Waals surface area (Å²) >= 11 is 1.13. The van der Waals surface area contributed by atoms with Crippen molar-refractivity contribution in [2.45, 2.75) is 13.8 Å². The van der Waals surface area contributed by atoms with Crippen LogP contribution < -0.4 is 14.8 Å². The highest BCUT2D eigenvalue weighted by Crippen LogP contribution is 2.26. The fraction of sp³-hybridized carbons (Fsp3) is 0.200. The number of allylic oxidation sites excluding steroid dienone is 1. The Morgan fingerprint density at radius 2 is 1.64 bits per heavy atom. The minimum atomic E-state index is -0.288. The number of nitrogens with zero attached hydrogens (tertiary/aromatic N) is 3. The molecule has 0 aliphatic carbocycles. The van der Waals surface area contributed by atoms with E-state index in [1.165, 1.54) is 11.1 Å². The molecule has 0 radical (unpaired) electrons. The lowest BCUT2D eigenvalue weighted by Crippen LogP contribution is -2.12. The highest BCUT2D eigenvalue weighted by atomic mass is 32.1. The maximum absolute atomic E-state index is 12.4. The number of carbonyl (C=O) groups excluding carboxylic acids is 1. The summed E-state index contributed by atoms with van der Waals surface area (Å²) in [6, 6.07) is 24.4. The molecule has 0 saturated carbocycles. The average Bonchev–Trinajstić information content (AvgIpc) is 3.42. The first-order chi connectivity index (χ1) is 19.0. The maximum atomic E-state index is 12.4. The number of rotatable bonds is 12. The quantitative estimate of drug-likeness (QED) is 0.175. The molecule has 198 valence electrons. The lowest BCUT2D eigenvalue weighted by atomic mass is 10.1. The van der Waals surface area contributed by atoms with Crippen molar-refractivity contribution in [3.63, 3.8) is 0 Å². The molecule has 4 aromatic rings.